The number of hydrazone groups is 1. The van der Waals surface area contributed by atoms with Gasteiger partial charge in [0, 0.05) is 11.8 Å². The molecule has 3 heterocycles. The van der Waals surface area contributed by atoms with Gasteiger partial charge in [0.2, 0.25) is 5.13 Å². The molecule has 6 heteroatoms. The maximum atomic E-state index is 13.7. The molecule has 1 aliphatic heterocycles. The van der Waals surface area contributed by atoms with Crippen LogP contribution in [0.1, 0.15) is 28.6 Å². The van der Waals surface area contributed by atoms with Gasteiger partial charge in [-0.25, -0.2) is 14.4 Å². The van der Waals surface area contributed by atoms with Crippen LogP contribution in [0.4, 0.5) is 9.52 Å². The molecular weight excluding hydrogens is 329 g/mol. The Morgan fingerprint density at radius 2 is 2.13 bits per heavy atom. The molecule has 0 spiro atoms. The molecule has 0 saturated heterocycles. The highest BCUT2D eigenvalue weighted by Gasteiger charge is 2.32. The van der Waals surface area contributed by atoms with Crippen molar-refractivity contribution in [1.82, 2.24) is 4.98 Å². The van der Waals surface area contributed by atoms with Crippen molar-refractivity contribution in [3.8, 4) is 0 Å². The number of rotatable bonds is 3. The summed E-state index contributed by atoms with van der Waals surface area (Å²) in [5.74, 6) is -0.220. The van der Waals surface area contributed by atoms with Crippen LogP contribution < -0.4 is 5.01 Å². The first-order valence-corrected chi connectivity index (χ1v) is 9.05. The lowest BCUT2D eigenvalue weighted by atomic mass is 10.0. The summed E-state index contributed by atoms with van der Waals surface area (Å²) in [4.78, 5) is 5.71. The second-order valence-electron chi connectivity index (χ2n) is 5.41. The molecule has 0 unspecified atom stereocenters. The van der Waals surface area contributed by atoms with E-state index < -0.39 is 0 Å². The van der Waals surface area contributed by atoms with E-state index in [0.717, 1.165) is 33.4 Å². The highest BCUT2D eigenvalue weighted by molar-refractivity contribution is 7.13. The van der Waals surface area contributed by atoms with Gasteiger partial charge in [0.1, 0.15) is 5.82 Å². The molecule has 1 aliphatic rings. The van der Waals surface area contributed by atoms with Crippen LogP contribution in [0.2, 0.25) is 0 Å². The monoisotopic (exact) mass is 343 g/mol. The highest BCUT2D eigenvalue weighted by Crippen LogP contribution is 2.38. The Bertz CT molecular complexity index is 854. The fourth-order valence-electron chi connectivity index (χ4n) is 2.70. The molecule has 3 aromatic rings. The quantitative estimate of drug-likeness (QED) is 0.669. The van der Waals surface area contributed by atoms with Gasteiger partial charge in [0.25, 0.3) is 0 Å². The van der Waals surface area contributed by atoms with E-state index >= 15 is 0 Å². The zero-order valence-electron chi connectivity index (χ0n) is 12.4. The number of hydrogen-bond acceptors (Lipinski definition) is 5. The van der Waals surface area contributed by atoms with Gasteiger partial charge >= 0.3 is 0 Å². The lowest BCUT2D eigenvalue weighted by molar-refractivity contribution is 0.618. The summed E-state index contributed by atoms with van der Waals surface area (Å²) in [6.45, 7) is 1.97. The lowest BCUT2D eigenvalue weighted by Crippen LogP contribution is -2.18. The number of anilines is 1. The van der Waals surface area contributed by atoms with E-state index in [9.17, 15) is 4.39 Å². The van der Waals surface area contributed by atoms with Crippen LogP contribution in [0.5, 0.6) is 0 Å². The first-order chi connectivity index (χ1) is 11.2. The Kier molecular flexibility index (Phi) is 3.71. The SMILES string of the molecule is Cc1csc(N2N=C(c3cccs3)C[C@@H]2c2cccc(F)c2)n1. The molecular formula is C17H14FN3S2. The number of thiazole rings is 1. The van der Waals surface area contributed by atoms with Crippen molar-refractivity contribution in [3.63, 3.8) is 0 Å². The second kappa shape index (κ2) is 5.86. The maximum absolute atomic E-state index is 13.7. The number of thiophene rings is 1. The Balaban J connectivity index is 1.75. The van der Waals surface area contributed by atoms with E-state index in [4.69, 9.17) is 5.10 Å². The third-order valence-electron chi connectivity index (χ3n) is 3.75. The number of benzene rings is 1. The van der Waals surface area contributed by atoms with E-state index in [0.29, 0.717) is 0 Å². The van der Waals surface area contributed by atoms with Crippen molar-refractivity contribution in [3.05, 3.63) is 69.1 Å². The molecule has 4 rings (SSSR count). The van der Waals surface area contributed by atoms with Crippen LogP contribution >= 0.6 is 22.7 Å². The Labute approximate surface area is 141 Å². The summed E-state index contributed by atoms with van der Waals surface area (Å²) in [6.07, 6.45) is 0.753. The summed E-state index contributed by atoms with van der Waals surface area (Å²) in [6, 6.07) is 10.8. The number of hydrogen-bond donors (Lipinski definition) is 0. The molecule has 0 fully saturated rings. The van der Waals surface area contributed by atoms with Crippen LogP contribution in [0.3, 0.4) is 0 Å². The van der Waals surface area contributed by atoms with Crippen LogP contribution in [0.15, 0.2) is 52.3 Å². The van der Waals surface area contributed by atoms with Gasteiger partial charge in [0.15, 0.2) is 0 Å². The van der Waals surface area contributed by atoms with Crippen molar-refractivity contribution in [2.24, 2.45) is 5.10 Å². The van der Waals surface area contributed by atoms with Gasteiger partial charge < -0.3 is 0 Å². The third kappa shape index (κ3) is 2.80. The van der Waals surface area contributed by atoms with E-state index in [1.807, 2.05) is 34.8 Å². The maximum Gasteiger partial charge on any atom is 0.206 e. The number of aryl methyl sites for hydroxylation is 1. The van der Waals surface area contributed by atoms with Crippen molar-refractivity contribution >= 4 is 33.5 Å². The molecule has 1 atom stereocenters. The smallest absolute Gasteiger partial charge is 0.206 e. The molecule has 23 heavy (non-hydrogen) atoms. The second-order valence-corrected chi connectivity index (χ2v) is 7.20. The lowest BCUT2D eigenvalue weighted by Gasteiger charge is -2.21. The van der Waals surface area contributed by atoms with Crippen molar-refractivity contribution in [2.45, 2.75) is 19.4 Å². The molecule has 0 saturated carbocycles. The minimum atomic E-state index is -0.220. The van der Waals surface area contributed by atoms with Gasteiger partial charge in [-0.15, -0.1) is 22.7 Å². The average molecular weight is 343 g/mol. The average Bonchev–Trinajstić information content (AvgIpc) is 3.26. The highest BCUT2D eigenvalue weighted by atomic mass is 32.1. The molecule has 0 radical (unpaired) electrons. The molecule has 0 N–H and O–H groups in total. The van der Waals surface area contributed by atoms with Crippen LogP contribution in [0.25, 0.3) is 0 Å². The van der Waals surface area contributed by atoms with Crippen LogP contribution in [-0.4, -0.2) is 10.7 Å². The summed E-state index contributed by atoms with van der Waals surface area (Å²) in [5.41, 5.74) is 2.93. The van der Waals surface area contributed by atoms with E-state index in [1.165, 1.54) is 6.07 Å². The fourth-order valence-corrected chi connectivity index (χ4v) is 4.22. The fraction of sp³-hybridized carbons (Fsp3) is 0.176. The zero-order chi connectivity index (χ0) is 15.8. The largest absolute Gasteiger partial charge is 0.231 e. The Morgan fingerprint density at radius 1 is 1.22 bits per heavy atom. The third-order valence-corrected chi connectivity index (χ3v) is 5.62. The predicted molar refractivity (Wildman–Crippen MR) is 93.9 cm³/mol. The molecule has 0 amide bonds. The standard InChI is InChI=1S/C17H14FN3S2/c1-11-10-23-17(19-11)21-15(12-4-2-5-13(18)8-12)9-14(20-21)16-6-3-7-22-16/h2-8,10,15H,9H2,1H3/t15-/m1/s1. The summed E-state index contributed by atoms with van der Waals surface area (Å²) >= 11 is 3.24. The van der Waals surface area contributed by atoms with E-state index in [-0.39, 0.29) is 11.9 Å². The number of nitrogens with zero attached hydrogens (tertiary/aromatic N) is 3. The minimum absolute atomic E-state index is 0.0200. The normalized spacial score (nSPS) is 17.6. The number of halogens is 1. The molecule has 1 aromatic carbocycles. The van der Waals surface area contributed by atoms with Gasteiger partial charge in [-0.05, 0) is 36.1 Å². The van der Waals surface area contributed by atoms with Gasteiger partial charge in [-0.1, -0.05) is 18.2 Å². The topological polar surface area (TPSA) is 28.5 Å². The Hall–Kier alpha value is -2.05. The van der Waals surface area contributed by atoms with Crippen LogP contribution in [0, 0.1) is 12.7 Å². The minimum Gasteiger partial charge on any atom is -0.231 e. The summed E-state index contributed by atoms with van der Waals surface area (Å²) in [5, 5.41) is 11.6. The van der Waals surface area contributed by atoms with Gasteiger partial charge in [-0.3, -0.25) is 0 Å². The summed E-state index contributed by atoms with van der Waals surface area (Å²) < 4.78 is 13.7. The van der Waals surface area contributed by atoms with Crippen LogP contribution in [-0.2, 0) is 0 Å². The molecule has 3 nitrogen and oxygen atoms in total. The summed E-state index contributed by atoms with van der Waals surface area (Å²) in [7, 11) is 0. The molecule has 2 aromatic heterocycles. The van der Waals surface area contributed by atoms with Crippen molar-refractivity contribution in [1.29, 1.82) is 0 Å². The first-order valence-electron chi connectivity index (χ1n) is 7.29. The molecule has 0 aliphatic carbocycles. The van der Waals surface area contributed by atoms with Gasteiger partial charge in [-0.2, -0.15) is 5.10 Å². The number of aromatic nitrogens is 1. The molecule has 0 bridgehead atoms. The molecule has 116 valence electrons. The van der Waals surface area contributed by atoms with Crippen molar-refractivity contribution in [2.75, 3.05) is 5.01 Å². The van der Waals surface area contributed by atoms with Gasteiger partial charge in [0.05, 0.1) is 22.3 Å². The zero-order valence-corrected chi connectivity index (χ0v) is 14.1. The first kappa shape index (κ1) is 14.5. The van der Waals surface area contributed by atoms with E-state index in [1.54, 1.807) is 34.8 Å². The van der Waals surface area contributed by atoms with E-state index in [2.05, 4.69) is 11.1 Å². The Morgan fingerprint density at radius 3 is 2.83 bits per heavy atom. The predicted octanol–water partition coefficient (Wildman–Crippen LogP) is 5.01. The van der Waals surface area contributed by atoms with Crippen molar-refractivity contribution < 1.29 is 4.39 Å².